The molecule has 0 N–H and O–H groups in total. The Labute approximate surface area is 196 Å². The molecular formula is C28H30ClNO2. The van der Waals surface area contributed by atoms with Gasteiger partial charge in [-0.25, -0.2) is 0 Å². The Morgan fingerprint density at radius 3 is 2.34 bits per heavy atom. The van der Waals surface area contributed by atoms with E-state index in [9.17, 15) is 4.79 Å². The van der Waals surface area contributed by atoms with Gasteiger partial charge >= 0.3 is 0 Å². The van der Waals surface area contributed by atoms with E-state index in [2.05, 4.69) is 53.4 Å². The van der Waals surface area contributed by atoms with E-state index in [1.807, 2.05) is 6.07 Å². The first-order valence-corrected chi connectivity index (χ1v) is 11.7. The van der Waals surface area contributed by atoms with E-state index in [1.165, 1.54) is 16.7 Å². The summed E-state index contributed by atoms with van der Waals surface area (Å²) in [6.45, 7) is 3.17. The molecule has 0 aromatic heterocycles. The minimum absolute atomic E-state index is 0.168. The number of rotatable bonds is 8. The third-order valence-electron chi connectivity index (χ3n) is 6.43. The van der Waals surface area contributed by atoms with Crippen LogP contribution in [0.15, 0.2) is 72.8 Å². The maximum absolute atomic E-state index is 12.6. The van der Waals surface area contributed by atoms with Crippen LogP contribution in [-0.2, 0) is 6.54 Å². The van der Waals surface area contributed by atoms with E-state index in [1.54, 1.807) is 25.3 Å². The van der Waals surface area contributed by atoms with E-state index >= 15 is 0 Å². The standard InChI is InChI=1S/C28H30ClNO2/c1-32-28-19-25(12-13-26(28)29)27(31)14-9-21-15-17-30(18-16-21)20-22-7-10-24(11-8-22)23-5-3-2-4-6-23/h2-8,10-13,19,21H,9,14-18,20H2,1H3. The van der Waals surface area contributed by atoms with Crippen LogP contribution in [0.5, 0.6) is 5.75 Å². The third-order valence-corrected chi connectivity index (χ3v) is 6.74. The van der Waals surface area contributed by atoms with Crippen LogP contribution in [0.25, 0.3) is 11.1 Å². The number of ketones is 1. The second kappa shape index (κ2) is 10.8. The fraction of sp³-hybridized carbons (Fsp3) is 0.321. The lowest BCUT2D eigenvalue weighted by Gasteiger charge is -2.32. The van der Waals surface area contributed by atoms with Gasteiger partial charge in [0.25, 0.3) is 0 Å². The van der Waals surface area contributed by atoms with Crippen LogP contribution < -0.4 is 4.74 Å². The van der Waals surface area contributed by atoms with Crippen molar-refractivity contribution in [2.75, 3.05) is 20.2 Å². The van der Waals surface area contributed by atoms with Gasteiger partial charge in [-0.15, -0.1) is 0 Å². The molecule has 1 heterocycles. The van der Waals surface area contributed by atoms with E-state index < -0.39 is 0 Å². The summed E-state index contributed by atoms with van der Waals surface area (Å²) in [7, 11) is 1.57. The third kappa shape index (κ3) is 5.79. The van der Waals surface area contributed by atoms with Crippen molar-refractivity contribution in [3.05, 3.63) is 88.9 Å². The van der Waals surface area contributed by atoms with Crippen molar-refractivity contribution >= 4 is 17.4 Å². The second-order valence-electron chi connectivity index (χ2n) is 8.59. The first kappa shape index (κ1) is 22.6. The molecule has 0 saturated carbocycles. The number of methoxy groups -OCH3 is 1. The maximum atomic E-state index is 12.6. The van der Waals surface area contributed by atoms with E-state index in [-0.39, 0.29) is 5.78 Å². The van der Waals surface area contributed by atoms with Crippen molar-refractivity contribution < 1.29 is 9.53 Å². The van der Waals surface area contributed by atoms with Gasteiger partial charge < -0.3 is 4.74 Å². The lowest BCUT2D eigenvalue weighted by atomic mass is 9.90. The van der Waals surface area contributed by atoms with Gasteiger partial charge in [0.15, 0.2) is 5.78 Å². The van der Waals surface area contributed by atoms with Crippen LogP contribution in [0.3, 0.4) is 0 Å². The van der Waals surface area contributed by atoms with Gasteiger partial charge in [-0.1, -0.05) is 66.2 Å². The molecule has 3 aromatic carbocycles. The Balaban J connectivity index is 1.22. The Kier molecular flexibility index (Phi) is 7.62. The van der Waals surface area contributed by atoms with E-state index in [0.717, 1.165) is 38.9 Å². The SMILES string of the molecule is COc1cc(C(=O)CCC2CCN(Cc3ccc(-c4ccccc4)cc3)CC2)ccc1Cl. The zero-order chi connectivity index (χ0) is 22.3. The molecule has 0 unspecified atom stereocenters. The number of nitrogens with zero attached hydrogens (tertiary/aromatic N) is 1. The van der Waals surface area contributed by atoms with Crippen LogP contribution >= 0.6 is 11.6 Å². The van der Waals surface area contributed by atoms with Crippen LogP contribution in [0, 0.1) is 5.92 Å². The van der Waals surface area contributed by atoms with Crippen molar-refractivity contribution in [2.45, 2.75) is 32.2 Å². The highest BCUT2D eigenvalue weighted by Gasteiger charge is 2.20. The largest absolute Gasteiger partial charge is 0.495 e. The van der Waals surface area contributed by atoms with E-state index in [4.69, 9.17) is 16.3 Å². The normalized spacial score (nSPS) is 14.9. The van der Waals surface area contributed by atoms with Gasteiger partial charge in [0.1, 0.15) is 5.75 Å². The van der Waals surface area contributed by atoms with Crippen LogP contribution in [0.4, 0.5) is 0 Å². The van der Waals surface area contributed by atoms with Crippen molar-refractivity contribution in [2.24, 2.45) is 5.92 Å². The molecule has 0 spiro atoms. The zero-order valence-electron chi connectivity index (χ0n) is 18.6. The monoisotopic (exact) mass is 447 g/mol. The van der Waals surface area contributed by atoms with Gasteiger partial charge in [0, 0.05) is 18.5 Å². The molecule has 1 aliphatic heterocycles. The number of carbonyl (C=O) groups excluding carboxylic acids is 1. The van der Waals surface area contributed by atoms with Gasteiger partial charge in [-0.05, 0) is 73.2 Å². The van der Waals surface area contributed by atoms with Crippen LogP contribution in [0.1, 0.15) is 41.6 Å². The highest BCUT2D eigenvalue weighted by molar-refractivity contribution is 6.32. The quantitative estimate of drug-likeness (QED) is 0.352. The number of ether oxygens (including phenoxy) is 1. The van der Waals surface area contributed by atoms with Gasteiger partial charge in [-0.3, -0.25) is 9.69 Å². The molecule has 0 amide bonds. The molecule has 3 aromatic rings. The number of halogens is 1. The van der Waals surface area contributed by atoms with Crippen molar-refractivity contribution in [1.82, 2.24) is 4.90 Å². The molecule has 1 fully saturated rings. The highest BCUT2D eigenvalue weighted by Crippen LogP contribution is 2.28. The fourth-order valence-corrected chi connectivity index (χ4v) is 4.63. The second-order valence-corrected chi connectivity index (χ2v) is 9.00. The molecule has 3 nitrogen and oxygen atoms in total. The lowest BCUT2D eigenvalue weighted by Crippen LogP contribution is -2.33. The molecular weight excluding hydrogens is 418 g/mol. The molecule has 166 valence electrons. The van der Waals surface area contributed by atoms with Gasteiger partial charge in [0.2, 0.25) is 0 Å². The lowest BCUT2D eigenvalue weighted by molar-refractivity contribution is 0.0961. The topological polar surface area (TPSA) is 29.5 Å². The fourth-order valence-electron chi connectivity index (χ4n) is 4.44. The number of carbonyl (C=O) groups is 1. The summed E-state index contributed by atoms with van der Waals surface area (Å²) in [6, 6.07) is 24.7. The molecule has 1 aliphatic rings. The summed E-state index contributed by atoms with van der Waals surface area (Å²) in [5.74, 6) is 1.34. The molecule has 0 radical (unpaired) electrons. The minimum atomic E-state index is 0.168. The average molecular weight is 448 g/mol. The van der Waals surface area contributed by atoms with Gasteiger partial charge in [0.05, 0.1) is 12.1 Å². The number of hydrogen-bond donors (Lipinski definition) is 0. The van der Waals surface area contributed by atoms with E-state index in [0.29, 0.717) is 28.7 Å². The molecule has 4 heteroatoms. The molecule has 4 rings (SSSR count). The Morgan fingerprint density at radius 2 is 1.66 bits per heavy atom. The number of likely N-dealkylation sites (tertiary alicyclic amines) is 1. The predicted octanol–water partition coefficient (Wildman–Crippen LogP) is 6.89. The zero-order valence-corrected chi connectivity index (χ0v) is 19.4. The number of piperidine rings is 1. The average Bonchev–Trinajstić information content (AvgIpc) is 2.85. The smallest absolute Gasteiger partial charge is 0.163 e. The Hall–Kier alpha value is -2.62. The number of hydrogen-bond acceptors (Lipinski definition) is 3. The van der Waals surface area contributed by atoms with Crippen molar-refractivity contribution in [1.29, 1.82) is 0 Å². The predicted molar refractivity (Wildman–Crippen MR) is 131 cm³/mol. The number of benzene rings is 3. The Bertz CT molecular complexity index is 1030. The first-order valence-electron chi connectivity index (χ1n) is 11.4. The minimum Gasteiger partial charge on any atom is -0.495 e. The summed E-state index contributed by atoms with van der Waals surface area (Å²) in [6.07, 6.45) is 3.83. The summed E-state index contributed by atoms with van der Waals surface area (Å²) in [5, 5.41) is 0.533. The summed E-state index contributed by atoms with van der Waals surface area (Å²) in [5.41, 5.74) is 4.56. The summed E-state index contributed by atoms with van der Waals surface area (Å²) >= 11 is 6.07. The maximum Gasteiger partial charge on any atom is 0.163 e. The van der Waals surface area contributed by atoms with Crippen LogP contribution in [0.2, 0.25) is 5.02 Å². The Morgan fingerprint density at radius 1 is 0.969 bits per heavy atom. The van der Waals surface area contributed by atoms with Crippen LogP contribution in [-0.4, -0.2) is 30.9 Å². The van der Waals surface area contributed by atoms with Crippen molar-refractivity contribution in [3.63, 3.8) is 0 Å². The summed E-state index contributed by atoms with van der Waals surface area (Å²) in [4.78, 5) is 15.1. The van der Waals surface area contributed by atoms with Crippen molar-refractivity contribution in [3.8, 4) is 16.9 Å². The molecule has 0 bridgehead atoms. The first-order chi connectivity index (χ1) is 15.6. The molecule has 1 saturated heterocycles. The highest BCUT2D eigenvalue weighted by atomic mass is 35.5. The van der Waals surface area contributed by atoms with Gasteiger partial charge in [-0.2, -0.15) is 0 Å². The number of Topliss-reactive ketones (excluding diaryl/α,β-unsaturated/α-hetero) is 1. The molecule has 32 heavy (non-hydrogen) atoms. The molecule has 0 aliphatic carbocycles. The molecule has 0 atom stereocenters. The summed E-state index contributed by atoms with van der Waals surface area (Å²) < 4.78 is 5.23.